The van der Waals surface area contributed by atoms with Crippen LogP contribution in [-0.4, -0.2) is 6.61 Å². The molecule has 0 aliphatic heterocycles. The van der Waals surface area contributed by atoms with E-state index in [0.717, 1.165) is 30.8 Å². The van der Waals surface area contributed by atoms with Crippen LogP contribution >= 0.6 is 11.3 Å². The fourth-order valence-electron chi connectivity index (χ4n) is 2.05. The van der Waals surface area contributed by atoms with Crippen molar-refractivity contribution in [1.82, 2.24) is 0 Å². The Bertz CT molecular complexity index is 551. The van der Waals surface area contributed by atoms with Crippen molar-refractivity contribution in [3.05, 3.63) is 40.1 Å². The summed E-state index contributed by atoms with van der Waals surface area (Å²) < 4.78 is 5.65. The van der Waals surface area contributed by atoms with Crippen LogP contribution in [0.1, 0.15) is 30.7 Å². The van der Waals surface area contributed by atoms with Gasteiger partial charge in [-0.15, -0.1) is 11.3 Å². The number of hydrogen-bond donors (Lipinski definition) is 2. The van der Waals surface area contributed by atoms with Gasteiger partial charge in [0.15, 0.2) is 0 Å². The van der Waals surface area contributed by atoms with Crippen LogP contribution < -0.4 is 15.8 Å². The summed E-state index contributed by atoms with van der Waals surface area (Å²) in [6.07, 6.45) is 2.04. The molecule has 0 saturated heterocycles. The van der Waals surface area contributed by atoms with E-state index in [1.165, 1.54) is 10.4 Å². The molecule has 2 aromatic rings. The lowest BCUT2D eigenvalue weighted by Gasteiger charge is -2.13. The van der Waals surface area contributed by atoms with E-state index in [4.69, 9.17) is 10.5 Å². The summed E-state index contributed by atoms with van der Waals surface area (Å²) in [7, 11) is 0. The minimum Gasteiger partial charge on any atom is -0.491 e. The van der Waals surface area contributed by atoms with Crippen LogP contribution in [0.2, 0.25) is 0 Å². The molecule has 0 amide bonds. The maximum absolute atomic E-state index is 6.15. The van der Waals surface area contributed by atoms with E-state index in [1.807, 2.05) is 18.2 Å². The molecule has 0 fully saturated rings. The zero-order chi connectivity index (χ0) is 14.4. The van der Waals surface area contributed by atoms with Gasteiger partial charge in [0.2, 0.25) is 0 Å². The third kappa shape index (κ3) is 3.45. The maximum Gasteiger partial charge on any atom is 0.144 e. The fraction of sp³-hybridized carbons (Fsp3) is 0.375. The number of aryl methyl sites for hydroxylation is 1. The molecule has 0 saturated carbocycles. The Morgan fingerprint density at radius 3 is 2.85 bits per heavy atom. The molecule has 20 heavy (non-hydrogen) atoms. The summed E-state index contributed by atoms with van der Waals surface area (Å²) in [6, 6.07) is 8.07. The molecule has 3 nitrogen and oxygen atoms in total. The summed E-state index contributed by atoms with van der Waals surface area (Å²) in [4.78, 5) is 1.37. The van der Waals surface area contributed by atoms with Gasteiger partial charge in [0, 0.05) is 11.4 Å². The molecular formula is C16H22N2OS. The molecule has 0 atom stereocenters. The molecule has 2 rings (SSSR count). The lowest BCUT2D eigenvalue weighted by atomic mass is 10.2. The Hall–Kier alpha value is -1.68. The van der Waals surface area contributed by atoms with Gasteiger partial charge in [0.1, 0.15) is 5.75 Å². The number of nitrogens with one attached hydrogen (secondary N) is 1. The van der Waals surface area contributed by atoms with Crippen LogP contribution in [0, 0.1) is 0 Å². The number of para-hydroxylation sites is 1. The van der Waals surface area contributed by atoms with Crippen LogP contribution in [0.5, 0.6) is 5.75 Å². The van der Waals surface area contributed by atoms with Gasteiger partial charge in [-0.05, 0) is 42.0 Å². The van der Waals surface area contributed by atoms with Crippen LogP contribution in [-0.2, 0) is 13.0 Å². The number of anilines is 2. The Labute approximate surface area is 124 Å². The minimum absolute atomic E-state index is 0.690. The first-order valence-electron chi connectivity index (χ1n) is 7.06. The second kappa shape index (κ2) is 7.20. The van der Waals surface area contributed by atoms with Crippen molar-refractivity contribution in [3.63, 3.8) is 0 Å². The molecule has 4 heteroatoms. The van der Waals surface area contributed by atoms with Gasteiger partial charge in [-0.25, -0.2) is 0 Å². The number of thiophene rings is 1. The van der Waals surface area contributed by atoms with Crippen LogP contribution in [0.3, 0.4) is 0 Å². The quantitative estimate of drug-likeness (QED) is 0.748. The monoisotopic (exact) mass is 290 g/mol. The van der Waals surface area contributed by atoms with Crippen molar-refractivity contribution in [3.8, 4) is 5.75 Å². The first-order valence-corrected chi connectivity index (χ1v) is 7.94. The van der Waals surface area contributed by atoms with Gasteiger partial charge < -0.3 is 15.8 Å². The molecule has 0 unspecified atom stereocenters. The predicted molar refractivity (Wildman–Crippen MR) is 87.7 cm³/mol. The average Bonchev–Trinajstić information content (AvgIpc) is 2.92. The third-order valence-electron chi connectivity index (χ3n) is 3.19. The molecule has 3 N–H and O–H groups in total. The number of hydrogen-bond acceptors (Lipinski definition) is 4. The van der Waals surface area contributed by atoms with E-state index in [9.17, 15) is 0 Å². The van der Waals surface area contributed by atoms with Crippen molar-refractivity contribution < 1.29 is 4.74 Å². The topological polar surface area (TPSA) is 47.3 Å². The summed E-state index contributed by atoms with van der Waals surface area (Å²) >= 11 is 1.78. The summed E-state index contributed by atoms with van der Waals surface area (Å²) in [5.41, 5.74) is 9.18. The van der Waals surface area contributed by atoms with Gasteiger partial charge in [0.05, 0.1) is 18.0 Å². The number of nitrogen functional groups attached to an aromatic ring is 1. The van der Waals surface area contributed by atoms with E-state index < -0.39 is 0 Å². The highest BCUT2D eigenvalue weighted by Crippen LogP contribution is 2.30. The second-order valence-corrected chi connectivity index (χ2v) is 5.64. The zero-order valence-electron chi connectivity index (χ0n) is 12.1. The van der Waals surface area contributed by atoms with Gasteiger partial charge in [-0.2, -0.15) is 0 Å². The highest BCUT2D eigenvalue weighted by atomic mass is 32.1. The fourth-order valence-corrected chi connectivity index (χ4v) is 2.96. The standard InChI is InChI=1S/C16H22N2OS/c1-3-9-19-14-7-5-6-13(16(14)17)18-11-15-12(4-2)8-10-20-15/h5-8,10,18H,3-4,9,11,17H2,1-2H3. The molecule has 0 bridgehead atoms. The molecule has 0 radical (unpaired) electrons. The largest absolute Gasteiger partial charge is 0.491 e. The average molecular weight is 290 g/mol. The molecule has 1 heterocycles. The highest BCUT2D eigenvalue weighted by molar-refractivity contribution is 7.10. The normalized spacial score (nSPS) is 10.5. The van der Waals surface area contributed by atoms with E-state index in [-0.39, 0.29) is 0 Å². The van der Waals surface area contributed by atoms with Crippen LogP contribution in [0.25, 0.3) is 0 Å². The smallest absolute Gasteiger partial charge is 0.144 e. The van der Waals surface area contributed by atoms with Gasteiger partial charge in [0.25, 0.3) is 0 Å². The molecule has 1 aromatic heterocycles. The Morgan fingerprint density at radius 1 is 1.25 bits per heavy atom. The van der Waals surface area contributed by atoms with E-state index in [2.05, 4.69) is 30.6 Å². The summed E-state index contributed by atoms with van der Waals surface area (Å²) in [6.45, 7) is 5.77. The van der Waals surface area contributed by atoms with Crippen molar-refractivity contribution in [2.45, 2.75) is 33.2 Å². The number of benzene rings is 1. The number of nitrogens with two attached hydrogens (primary N) is 1. The second-order valence-electron chi connectivity index (χ2n) is 4.64. The van der Waals surface area contributed by atoms with E-state index >= 15 is 0 Å². The lowest BCUT2D eigenvalue weighted by molar-refractivity contribution is 0.319. The van der Waals surface area contributed by atoms with Crippen molar-refractivity contribution >= 4 is 22.7 Å². The van der Waals surface area contributed by atoms with Crippen molar-refractivity contribution in [2.75, 3.05) is 17.7 Å². The number of rotatable bonds is 7. The molecule has 0 aliphatic rings. The van der Waals surface area contributed by atoms with Crippen LogP contribution in [0.15, 0.2) is 29.6 Å². The highest BCUT2D eigenvalue weighted by Gasteiger charge is 2.07. The SMILES string of the molecule is CCCOc1cccc(NCc2sccc2CC)c1N. The van der Waals surface area contributed by atoms with Crippen molar-refractivity contribution in [2.24, 2.45) is 0 Å². The zero-order valence-corrected chi connectivity index (χ0v) is 12.9. The van der Waals surface area contributed by atoms with Gasteiger partial charge in [-0.1, -0.05) is 19.9 Å². The van der Waals surface area contributed by atoms with Gasteiger partial charge >= 0.3 is 0 Å². The maximum atomic E-state index is 6.15. The number of ether oxygens (including phenoxy) is 1. The Morgan fingerprint density at radius 2 is 2.10 bits per heavy atom. The third-order valence-corrected chi connectivity index (χ3v) is 4.15. The molecular weight excluding hydrogens is 268 g/mol. The first kappa shape index (κ1) is 14.7. The Kier molecular flexibility index (Phi) is 5.30. The molecule has 1 aromatic carbocycles. The first-order chi connectivity index (χ1) is 9.76. The van der Waals surface area contributed by atoms with Gasteiger partial charge in [-0.3, -0.25) is 0 Å². The molecule has 0 spiro atoms. The summed E-state index contributed by atoms with van der Waals surface area (Å²) in [5, 5.41) is 5.55. The Balaban J connectivity index is 2.06. The molecule has 108 valence electrons. The summed E-state index contributed by atoms with van der Waals surface area (Å²) in [5.74, 6) is 0.763. The van der Waals surface area contributed by atoms with Crippen molar-refractivity contribution in [1.29, 1.82) is 0 Å². The predicted octanol–water partition coefficient (Wildman–Crippen LogP) is 4.29. The lowest BCUT2D eigenvalue weighted by Crippen LogP contribution is -2.05. The molecule has 0 aliphatic carbocycles. The minimum atomic E-state index is 0.690. The van der Waals surface area contributed by atoms with Crippen LogP contribution in [0.4, 0.5) is 11.4 Å². The van der Waals surface area contributed by atoms with E-state index in [0.29, 0.717) is 12.3 Å². The van der Waals surface area contributed by atoms with E-state index in [1.54, 1.807) is 11.3 Å².